The molecule has 1 aromatic carbocycles. The maximum absolute atomic E-state index is 12.0. The summed E-state index contributed by atoms with van der Waals surface area (Å²) in [6.45, 7) is 4.56. The molecule has 0 spiro atoms. The van der Waals surface area contributed by atoms with Gasteiger partial charge in [-0.25, -0.2) is 0 Å². The monoisotopic (exact) mass is 279 g/mol. The lowest BCUT2D eigenvalue weighted by atomic mass is 10.2. The largest absolute Gasteiger partial charge is 0.497 e. The van der Waals surface area contributed by atoms with Gasteiger partial charge in [0.25, 0.3) is 0 Å². The van der Waals surface area contributed by atoms with E-state index < -0.39 is 0 Å². The van der Waals surface area contributed by atoms with E-state index in [1.807, 2.05) is 6.92 Å². The Hall–Kier alpha value is -1.79. The molecular weight excluding hydrogens is 258 g/mol. The molecule has 0 bridgehead atoms. The van der Waals surface area contributed by atoms with Crippen LogP contribution in [0.3, 0.4) is 0 Å². The van der Waals surface area contributed by atoms with Crippen molar-refractivity contribution in [2.45, 2.75) is 13.0 Å². The molecule has 0 aromatic heterocycles. The van der Waals surface area contributed by atoms with Crippen LogP contribution in [-0.4, -0.2) is 50.3 Å². The number of nitrogens with zero attached hydrogens (tertiary/aromatic N) is 1. The van der Waals surface area contributed by atoms with Crippen molar-refractivity contribution in [3.63, 3.8) is 0 Å². The number of benzene rings is 1. The molecule has 1 fully saturated rings. The van der Waals surface area contributed by atoms with Gasteiger partial charge in [0.05, 0.1) is 37.7 Å². The van der Waals surface area contributed by atoms with Crippen molar-refractivity contribution in [2.24, 2.45) is 0 Å². The van der Waals surface area contributed by atoms with Gasteiger partial charge in [0.1, 0.15) is 5.75 Å². The molecule has 1 atom stereocenters. The SMILES string of the molecule is COc1ccc(NC(=O)CN2CCOC(C)C2)c(N)c1. The highest BCUT2D eigenvalue weighted by molar-refractivity contribution is 5.95. The maximum Gasteiger partial charge on any atom is 0.238 e. The molecule has 1 saturated heterocycles. The molecule has 110 valence electrons. The highest BCUT2D eigenvalue weighted by atomic mass is 16.5. The van der Waals surface area contributed by atoms with E-state index in [1.165, 1.54) is 0 Å². The molecule has 1 aliphatic heterocycles. The van der Waals surface area contributed by atoms with Gasteiger partial charge in [0.15, 0.2) is 0 Å². The molecule has 1 heterocycles. The van der Waals surface area contributed by atoms with Crippen LogP contribution in [0.5, 0.6) is 5.75 Å². The van der Waals surface area contributed by atoms with Crippen LogP contribution in [-0.2, 0) is 9.53 Å². The van der Waals surface area contributed by atoms with E-state index in [0.29, 0.717) is 30.3 Å². The molecule has 1 unspecified atom stereocenters. The van der Waals surface area contributed by atoms with Gasteiger partial charge in [-0.1, -0.05) is 0 Å². The van der Waals surface area contributed by atoms with Gasteiger partial charge in [-0.05, 0) is 19.1 Å². The summed E-state index contributed by atoms with van der Waals surface area (Å²) in [5.74, 6) is 0.596. The lowest BCUT2D eigenvalue weighted by molar-refractivity contribution is -0.119. The standard InChI is InChI=1S/C14H21N3O3/c1-10-8-17(5-6-20-10)9-14(18)16-13-4-3-11(19-2)7-12(13)15/h3-4,7,10H,5-6,8-9,15H2,1-2H3,(H,16,18). The molecule has 1 aromatic rings. The number of carbonyl (C=O) groups is 1. The van der Waals surface area contributed by atoms with Crippen LogP contribution in [0.1, 0.15) is 6.92 Å². The third kappa shape index (κ3) is 3.85. The van der Waals surface area contributed by atoms with Crippen LogP contribution in [0.4, 0.5) is 11.4 Å². The number of nitrogens with two attached hydrogens (primary N) is 1. The lowest BCUT2D eigenvalue weighted by Gasteiger charge is -2.30. The molecule has 6 nitrogen and oxygen atoms in total. The van der Waals surface area contributed by atoms with E-state index in [1.54, 1.807) is 25.3 Å². The van der Waals surface area contributed by atoms with Crippen LogP contribution < -0.4 is 15.8 Å². The maximum atomic E-state index is 12.0. The minimum absolute atomic E-state index is 0.0732. The van der Waals surface area contributed by atoms with Crippen LogP contribution in [0.2, 0.25) is 0 Å². The van der Waals surface area contributed by atoms with Gasteiger partial charge in [0, 0.05) is 19.2 Å². The zero-order valence-electron chi connectivity index (χ0n) is 11.9. The van der Waals surface area contributed by atoms with Gasteiger partial charge < -0.3 is 20.5 Å². The molecular formula is C14H21N3O3. The lowest BCUT2D eigenvalue weighted by Crippen LogP contribution is -2.44. The van der Waals surface area contributed by atoms with Gasteiger partial charge >= 0.3 is 0 Å². The van der Waals surface area contributed by atoms with E-state index in [4.69, 9.17) is 15.2 Å². The number of anilines is 2. The third-order valence-electron chi connectivity index (χ3n) is 3.23. The Bertz CT molecular complexity index is 479. The molecule has 1 amide bonds. The average Bonchev–Trinajstić information content (AvgIpc) is 2.41. The van der Waals surface area contributed by atoms with Crippen LogP contribution in [0, 0.1) is 0 Å². The Morgan fingerprint density at radius 1 is 1.60 bits per heavy atom. The summed E-state index contributed by atoms with van der Waals surface area (Å²) in [7, 11) is 1.58. The Morgan fingerprint density at radius 2 is 2.40 bits per heavy atom. The Morgan fingerprint density at radius 3 is 3.05 bits per heavy atom. The molecule has 2 rings (SSSR count). The second kappa shape index (κ2) is 6.58. The summed E-state index contributed by atoms with van der Waals surface area (Å²) in [6.07, 6.45) is 0.169. The number of methoxy groups -OCH3 is 1. The van der Waals surface area contributed by atoms with E-state index in [-0.39, 0.29) is 12.0 Å². The number of morpholine rings is 1. The minimum atomic E-state index is -0.0732. The quantitative estimate of drug-likeness (QED) is 0.802. The minimum Gasteiger partial charge on any atom is -0.497 e. The van der Waals surface area contributed by atoms with E-state index >= 15 is 0 Å². The Balaban J connectivity index is 1.91. The first kappa shape index (κ1) is 14.6. The first-order valence-corrected chi connectivity index (χ1v) is 6.66. The highest BCUT2D eigenvalue weighted by Gasteiger charge is 2.19. The number of amides is 1. The first-order valence-electron chi connectivity index (χ1n) is 6.66. The van der Waals surface area contributed by atoms with Crippen LogP contribution in [0.15, 0.2) is 18.2 Å². The zero-order chi connectivity index (χ0) is 14.5. The number of rotatable bonds is 4. The van der Waals surface area contributed by atoms with Crippen LogP contribution in [0.25, 0.3) is 0 Å². The molecule has 6 heteroatoms. The topological polar surface area (TPSA) is 76.8 Å². The second-order valence-electron chi connectivity index (χ2n) is 4.92. The summed E-state index contributed by atoms with van der Waals surface area (Å²) in [4.78, 5) is 14.1. The summed E-state index contributed by atoms with van der Waals surface area (Å²) in [5, 5.41) is 2.82. The van der Waals surface area contributed by atoms with Crippen molar-refractivity contribution in [3.05, 3.63) is 18.2 Å². The van der Waals surface area contributed by atoms with Crippen molar-refractivity contribution < 1.29 is 14.3 Å². The summed E-state index contributed by atoms with van der Waals surface area (Å²) >= 11 is 0. The summed E-state index contributed by atoms with van der Waals surface area (Å²) < 4.78 is 10.5. The summed E-state index contributed by atoms with van der Waals surface area (Å²) in [6, 6.07) is 5.20. The van der Waals surface area contributed by atoms with E-state index in [0.717, 1.165) is 13.1 Å². The Labute approximate surface area is 118 Å². The number of nitrogens with one attached hydrogen (secondary N) is 1. The van der Waals surface area contributed by atoms with Crippen molar-refractivity contribution >= 4 is 17.3 Å². The third-order valence-corrected chi connectivity index (χ3v) is 3.23. The van der Waals surface area contributed by atoms with Gasteiger partial charge in [-0.2, -0.15) is 0 Å². The van der Waals surface area contributed by atoms with Gasteiger partial charge in [0.2, 0.25) is 5.91 Å². The van der Waals surface area contributed by atoms with Gasteiger partial charge in [-0.15, -0.1) is 0 Å². The first-order chi connectivity index (χ1) is 9.58. The fourth-order valence-electron chi connectivity index (χ4n) is 2.21. The fourth-order valence-corrected chi connectivity index (χ4v) is 2.21. The van der Waals surface area contributed by atoms with Crippen molar-refractivity contribution in [3.8, 4) is 5.75 Å². The fraction of sp³-hybridized carbons (Fsp3) is 0.500. The number of hydrogen-bond acceptors (Lipinski definition) is 5. The number of nitrogen functional groups attached to an aromatic ring is 1. The molecule has 20 heavy (non-hydrogen) atoms. The number of ether oxygens (including phenoxy) is 2. The van der Waals surface area contributed by atoms with E-state index in [2.05, 4.69) is 10.2 Å². The number of carbonyl (C=O) groups excluding carboxylic acids is 1. The molecule has 3 N–H and O–H groups in total. The van der Waals surface area contributed by atoms with Crippen molar-refractivity contribution in [1.29, 1.82) is 0 Å². The average molecular weight is 279 g/mol. The van der Waals surface area contributed by atoms with Gasteiger partial charge in [-0.3, -0.25) is 9.69 Å². The second-order valence-corrected chi connectivity index (χ2v) is 4.92. The normalized spacial score (nSPS) is 19.6. The molecule has 0 radical (unpaired) electrons. The zero-order valence-corrected chi connectivity index (χ0v) is 11.9. The van der Waals surface area contributed by atoms with E-state index in [9.17, 15) is 4.79 Å². The van der Waals surface area contributed by atoms with Crippen molar-refractivity contribution in [1.82, 2.24) is 4.90 Å². The number of hydrogen-bond donors (Lipinski definition) is 2. The predicted octanol–water partition coefficient (Wildman–Crippen LogP) is 0.937. The molecule has 1 aliphatic rings. The Kier molecular flexibility index (Phi) is 4.81. The predicted molar refractivity (Wildman–Crippen MR) is 77.9 cm³/mol. The highest BCUT2D eigenvalue weighted by Crippen LogP contribution is 2.23. The van der Waals surface area contributed by atoms with Crippen molar-refractivity contribution in [2.75, 3.05) is 44.4 Å². The summed E-state index contributed by atoms with van der Waals surface area (Å²) in [5.41, 5.74) is 6.97. The molecule has 0 saturated carbocycles. The molecule has 0 aliphatic carbocycles. The van der Waals surface area contributed by atoms with Crippen LogP contribution >= 0.6 is 0 Å². The smallest absolute Gasteiger partial charge is 0.238 e.